The third-order valence-electron chi connectivity index (χ3n) is 3.47. The van der Waals surface area contributed by atoms with Gasteiger partial charge in [-0.25, -0.2) is 0 Å². The molecule has 0 bridgehead atoms. The van der Waals surface area contributed by atoms with Gasteiger partial charge in [0, 0.05) is 19.6 Å². The topological polar surface area (TPSA) is 38.8 Å². The molecular weight excluding hydrogens is 242 g/mol. The van der Waals surface area contributed by atoms with Gasteiger partial charge in [-0.3, -0.25) is 9.69 Å². The van der Waals surface area contributed by atoms with Gasteiger partial charge in [-0.1, -0.05) is 29.8 Å². The number of nitrogens with zero attached hydrogens (tertiary/aromatic N) is 1. The molecule has 1 aliphatic heterocycles. The van der Waals surface area contributed by atoms with E-state index in [1.165, 1.54) is 7.11 Å². The van der Waals surface area contributed by atoms with E-state index in [0.29, 0.717) is 6.54 Å². The van der Waals surface area contributed by atoms with Crippen LogP contribution in [0.4, 0.5) is 0 Å². The number of carbonyl (C=O) groups is 1. The van der Waals surface area contributed by atoms with Crippen LogP contribution in [0.1, 0.15) is 17.0 Å². The predicted molar refractivity (Wildman–Crippen MR) is 73.2 cm³/mol. The van der Waals surface area contributed by atoms with E-state index < -0.39 is 0 Å². The van der Waals surface area contributed by atoms with Crippen LogP contribution in [0, 0.1) is 6.92 Å². The van der Waals surface area contributed by atoms with Gasteiger partial charge < -0.3 is 9.47 Å². The van der Waals surface area contributed by atoms with Crippen molar-refractivity contribution in [2.45, 2.75) is 12.8 Å². The van der Waals surface area contributed by atoms with Crippen molar-refractivity contribution in [2.75, 3.05) is 40.0 Å². The van der Waals surface area contributed by atoms with Crippen molar-refractivity contribution in [3.63, 3.8) is 0 Å². The molecule has 19 heavy (non-hydrogen) atoms. The van der Waals surface area contributed by atoms with Crippen molar-refractivity contribution >= 4 is 5.97 Å². The number of aryl methyl sites for hydroxylation is 1. The number of benzene rings is 1. The SMILES string of the molecule is COC(=O)C(CN1CCOCC1)c1cccc(C)c1. The maximum atomic E-state index is 12.0. The highest BCUT2D eigenvalue weighted by Gasteiger charge is 2.25. The van der Waals surface area contributed by atoms with E-state index in [4.69, 9.17) is 9.47 Å². The van der Waals surface area contributed by atoms with E-state index in [9.17, 15) is 4.79 Å². The first kappa shape index (κ1) is 14.0. The molecule has 1 saturated heterocycles. The summed E-state index contributed by atoms with van der Waals surface area (Å²) >= 11 is 0. The summed E-state index contributed by atoms with van der Waals surface area (Å²) in [4.78, 5) is 14.3. The molecule has 1 aromatic carbocycles. The average Bonchev–Trinajstić information content (AvgIpc) is 2.45. The summed E-state index contributed by atoms with van der Waals surface area (Å²) in [5, 5.41) is 0. The molecule has 1 unspecified atom stereocenters. The summed E-state index contributed by atoms with van der Waals surface area (Å²) in [6.45, 7) is 5.95. The summed E-state index contributed by atoms with van der Waals surface area (Å²) in [5.74, 6) is -0.389. The van der Waals surface area contributed by atoms with Crippen LogP contribution < -0.4 is 0 Å². The summed E-state index contributed by atoms with van der Waals surface area (Å²) in [7, 11) is 1.45. The molecule has 104 valence electrons. The lowest BCUT2D eigenvalue weighted by Crippen LogP contribution is -2.40. The van der Waals surface area contributed by atoms with Crippen LogP contribution in [0.2, 0.25) is 0 Å². The van der Waals surface area contributed by atoms with Gasteiger partial charge in [-0.15, -0.1) is 0 Å². The molecular formula is C15H21NO3. The zero-order chi connectivity index (χ0) is 13.7. The Balaban J connectivity index is 2.13. The van der Waals surface area contributed by atoms with Crippen molar-refractivity contribution in [1.29, 1.82) is 0 Å². The van der Waals surface area contributed by atoms with Gasteiger partial charge in [0.15, 0.2) is 0 Å². The largest absolute Gasteiger partial charge is 0.469 e. The highest BCUT2D eigenvalue weighted by Crippen LogP contribution is 2.20. The first-order valence-electron chi connectivity index (χ1n) is 6.65. The van der Waals surface area contributed by atoms with Gasteiger partial charge in [0.05, 0.1) is 26.2 Å². The van der Waals surface area contributed by atoms with Crippen molar-refractivity contribution in [3.05, 3.63) is 35.4 Å². The molecule has 1 fully saturated rings. The molecule has 4 nitrogen and oxygen atoms in total. The summed E-state index contributed by atoms with van der Waals surface area (Å²) in [6.07, 6.45) is 0. The minimum Gasteiger partial charge on any atom is -0.469 e. The molecule has 1 aliphatic rings. The van der Waals surface area contributed by atoms with Crippen LogP contribution in [0.5, 0.6) is 0 Å². The second kappa shape index (κ2) is 6.68. The lowest BCUT2D eigenvalue weighted by molar-refractivity contribution is -0.143. The molecule has 0 aromatic heterocycles. The molecule has 0 amide bonds. The van der Waals surface area contributed by atoms with Gasteiger partial charge in [-0.2, -0.15) is 0 Å². The van der Waals surface area contributed by atoms with Gasteiger partial charge in [-0.05, 0) is 12.5 Å². The normalized spacial score (nSPS) is 18.0. The summed E-state index contributed by atoms with van der Waals surface area (Å²) < 4.78 is 10.3. The van der Waals surface area contributed by atoms with Gasteiger partial charge in [0.25, 0.3) is 0 Å². The van der Waals surface area contributed by atoms with E-state index in [1.54, 1.807) is 0 Å². The number of rotatable bonds is 4. The van der Waals surface area contributed by atoms with Gasteiger partial charge in [0.1, 0.15) is 0 Å². The minimum absolute atomic E-state index is 0.169. The number of morpholine rings is 1. The predicted octanol–water partition coefficient (Wildman–Crippen LogP) is 1.58. The Morgan fingerprint density at radius 3 is 2.79 bits per heavy atom. The molecule has 4 heteroatoms. The molecule has 0 aliphatic carbocycles. The molecule has 1 heterocycles. The monoisotopic (exact) mass is 263 g/mol. The fourth-order valence-corrected chi connectivity index (χ4v) is 2.39. The van der Waals surface area contributed by atoms with E-state index in [1.807, 2.05) is 25.1 Å². The molecule has 0 saturated carbocycles. The summed E-state index contributed by atoms with van der Waals surface area (Å²) in [5.41, 5.74) is 2.19. The van der Waals surface area contributed by atoms with Crippen LogP contribution in [0.25, 0.3) is 0 Å². The first-order chi connectivity index (χ1) is 9.20. The van der Waals surface area contributed by atoms with Crippen molar-refractivity contribution in [2.24, 2.45) is 0 Å². The lowest BCUT2D eigenvalue weighted by Gasteiger charge is -2.29. The highest BCUT2D eigenvalue weighted by atomic mass is 16.5. The molecule has 0 N–H and O–H groups in total. The smallest absolute Gasteiger partial charge is 0.314 e. The van der Waals surface area contributed by atoms with Crippen LogP contribution in [0.15, 0.2) is 24.3 Å². The number of hydrogen-bond donors (Lipinski definition) is 0. The second-order valence-electron chi connectivity index (χ2n) is 4.90. The molecule has 2 rings (SSSR count). The Hall–Kier alpha value is -1.39. The zero-order valence-corrected chi connectivity index (χ0v) is 11.6. The first-order valence-corrected chi connectivity index (χ1v) is 6.65. The molecule has 1 atom stereocenters. The number of carbonyl (C=O) groups excluding carboxylic acids is 1. The van der Waals surface area contributed by atoms with Crippen LogP contribution in [-0.4, -0.2) is 50.8 Å². The van der Waals surface area contributed by atoms with E-state index in [0.717, 1.165) is 37.4 Å². The fourth-order valence-electron chi connectivity index (χ4n) is 2.39. The Morgan fingerprint density at radius 1 is 1.42 bits per heavy atom. The quantitative estimate of drug-likeness (QED) is 0.773. The van der Waals surface area contributed by atoms with E-state index in [-0.39, 0.29) is 11.9 Å². The van der Waals surface area contributed by atoms with E-state index in [2.05, 4.69) is 11.0 Å². The second-order valence-corrected chi connectivity index (χ2v) is 4.90. The van der Waals surface area contributed by atoms with Gasteiger partial charge >= 0.3 is 5.97 Å². The molecule has 1 aromatic rings. The molecule has 0 spiro atoms. The number of ether oxygens (including phenoxy) is 2. The third kappa shape index (κ3) is 3.78. The Kier molecular flexibility index (Phi) is 4.93. The number of methoxy groups -OCH3 is 1. The van der Waals surface area contributed by atoms with Crippen molar-refractivity contribution in [3.8, 4) is 0 Å². The van der Waals surface area contributed by atoms with Crippen molar-refractivity contribution in [1.82, 2.24) is 4.90 Å². The van der Waals surface area contributed by atoms with Crippen LogP contribution >= 0.6 is 0 Å². The fraction of sp³-hybridized carbons (Fsp3) is 0.533. The highest BCUT2D eigenvalue weighted by molar-refractivity contribution is 5.78. The lowest BCUT2D eigenvalue weighted by atomic mass is 9.97. The molecule has 0 radical (unpaired) electrons. The average molecular weight is 263 g/mol. The summed E-state index contributed by atoms with van der Waals surface area (Å²) in [6, 6.07) is 8.07. The van der Waals surface area contributed by atoms with E-state index >= 15 is 0 Å². The van der Waals surface area contributed by atoms with Crippen LogP contribution in [-0.2, 0) is 14.3 Å². The Labute approximate surface area is 114 Å². The van der Waals surface area contributed by atoms with Gasteiger partial charge in [0.2, 0.25) is 0 Å². The van der Waals surface area contributed by atoms with Crippen LogP contribution in [0.3, 0.4) is 0 Å². The maximum absolute atomic E-state index is 12.0. The minimum atomic E-state index is -0.219. The zero-order valence-electron chi connectivity index (χ0n) is 11.6. The number of esters is 1. The Bertz CT molecular complexity index is 427. The maximum Gasteiger partial charge on any atom is 0.314 e. The standard InChI is InChI=1S/C15H21NO3/c1-12-4-3-5-13(10-12)14(15(17)18-2)11-16-6-8-19-9-7-16/h3-5,10,14H,6-9,11H2,1-2H3. The number of hydrogen-bond acceptors (Lipinski definition) is 4. The third-order valence-corrected chi connectivity index (χ3v) is 3.47. The van der Waals surface area contributed by atoms with Crippen molar-refractivity contribution < 1.29 is 14.3 Å². The Morgan fingerprint density at radius 2 is 2.16 bits per heavy atom.